The molecule has 1 atom stereocenters. The van der Waals surface area contributed by atoms with Gasteiger partial charge in [0.2, 0.25) is 0 Å². The minimum Gasteiger partial charge on any atom is -0.497 e. The van der Waals surface area contributed by atoms with Crippen LogP contribution in [0.1, 0.15) is 75.7 Å². The van der Waals surface area contributed by atoms with E-state index in [2.05, 4.69) is 4.98 Å². The van der Waals surface area contributed by atoms with Crippen LogP contribution in [0.5, 0.6) is 11.5 Å². The van der Waals surface area contributed by atoms with E-state index in [1.165, 1.54) is 0 Å². The van der Waals surface area contributed by atoms with E-state index in [4.69, 9.17) is 14.2 Å². The first-order valence-corrected chi connectivity index (χ1v) is 10.2. The van der Waals surface area contributed by atoms with Gasteiger partial charge in [-0.1, -0.05) is 0 Å². The van der Waals surface area contributed by atoms with Gasteiger partial charge in [0.15, 0.2) is 5.78 Å². The second kappa shape index (κ2) is 7.93. The Balaban J connectivity index is 1.63. The molecule has 1 fully saturated rings. The zero-order valence-corrected chi connectivity index (χ0v) is 17.2. The minimum atomic E-state index is -0.355. The third-order valence-electron chi connectivity index (χ3n) is 6.15. The molecule has 6 heteroatoms. The Morgan fingerprint density at radius 1 is 1.10 bits per heavy atom. The van der Waals surface area contributed by atoms with Crippen LogP contribution in [0.15, 0.2) is 18.2 Å². The zero-order valence-electron chi connectivity index (χ0n) is 17.2. The smallest absolute Gasteiger partial charge is 0.355 e. The minimum absolute atomic E-state index is 0.00766. The number of methoxy groups -OCH3 is 2. The van der Waals surface area contributed by atoms with Crippen molar-refractivity contribution in [2.45, 2.75) is 57.5 Å². The van der Waals surface area contributed by atoms with Gasteiger partial charge in [-0.15, -0.1) is 0 Å². The van der Waals surface area contributed by atoms with Crippen LogP contribution in [0.4, 0.5) is 0 Å². The Morgan fingerprint density at radius 3 is 2.55 bits per heavy atom. The van der Waals surface area contributed by atoms with Gasteiger partial charge in [0, 0.05) is 29.2 Å². The summed E-state index contributed by atoms with van der Waals surface area (Å²) in [6.45, 7) is 1.82. The maximum Gasteiger partial charge on any atom is 0.355 e. The fourth-order valence-corrected chi connectivity index (χ4v) is 4.63. The normalized spacial score (nSPS) is 19.1. The van der Waals surface area contributed by atoms with E-state index in [0.717, 1.165) is 48.4 Å². The van der Waals surface area contributed by atoms with Crippen LogP contribution in [0, 0.1) is 6.92 Å². The molecule has 0 radical (unpaired) electrons. The van der Waals surface area contributed by atoms with Gasteiger partial charge in [-0.05, 0) is 62.8 Å². The fourth-order valence-electron chi connectivity index (χ4n) is 4.63. The van der Waals surface area contributed by atoms with Gasteiger partial charge < -0.3 is 19.2 Å². The average Bonchev–Trinajstić information content (AvgIpc) is 3.35. The number of hydrogen-bond acceptors (Lipinski definition) is 5. The number of ketones is 1. The highest BCUT2D eigenvalue weighted by atomic mass is 16.5. The van der Waals surface area contributed by atoms with E-state index in [1.54, 1.807) is 14.2 Å². The number of carbonyl (C=O) groups excluding carboxylic acids is 2. The molecule has 0 spiro atoms. The maximum atomic E-state index is 13.0. The number of carbonyl (C=O) groups is 2. The molecule has 0 unspecified atom stereocenters. The van der Waals surface area contributed by atoms with Crippen LogP contribution in [0.3, 0.4) is 0 Å². The molecule has 1 saturated carbocycles. The molecule has 2 aromatic rings. The molecule has 0 amide bonds. The number of benzene rings is 1. The Hall–Kier alpha value is -2.76. The number of esters is 1. The molecule has 1 aromatic heterocycles. The first-order valence-electron chi connectivity index (χ1n) is 10.2. The van der Waals surface area contributed by atoms with Crippen molar-refractivity contribution in [2.75, 3.05) is 14.2 Å². The molecule has 6 nitrogen and oxygen atoms in total. The predicted molar refractivity (Wildman–Crippen MR) is 108 cm³/mol. The highest BCUT2D eigenvalue weighted by Gasteiger charge is 2.34. The number of aromatic amines is 1. The molecule has 1 N–H and O–H groups in total. The SMILES string of the molecule is COc1ccc(OC)c([C@@H]2CC(=O)c3c([nH]c(C(=O)OC4CCCC4)c3C)C2)c1. The highest BCUT2D eigenvalue weighted by Crippen LogP contribution is 2.40. The molecule has 1 heterocycles. The van der Waals surface area contributed by atoms with Crippen molar-refractivity contribution >= 4 is 11.8 Å². The van der Waals surface area contributed by atoms with E-state index in [1.807, 2.05) is 25.1 Å². The summed E-state index contributed by atoms with van der Waals surface area (Å²) in [4.78, 5) is 28.9. The number of aromatic nitrogens is 1. The number of hydrogen-bond donors (Lipinski definition) is 1. The summed E-state index contributed by atoms with van der Waals surface area (Å²) >= 11 is 0. The topological polar surface area (TPSA) is 77.6 Å². The summed E-state index contributed by atoms with van der Waals surface area (Å²) < 4.78 is 16.5. The lowest BCUT2D eigenvalue weighted by molar-refractivity contribution is 0.0310. The first kappa shape index (κ1) is 19.6. The van der Waals surface area contributed by atoms with Crippen molar-refractivity contribution in [3.8, 4) is 11.5 Å². The fraction of sp³-hybridized carbons (Fsp3) is 0.478. The van der Waals surface area contributed by atoms with Crippen LogP contribution in [-0.2, 0) is 11.2 Å². The Bertz CT molecular complexity index is 939. The number of Topliss-reactive ketones (excluding diaryl/α,β-unsaturated/α-hetero) is 1. The van der Waals surface area contributed by atoms with Crippen LogP contribution >= 0.6 is 0 Å². The van der Waals surface area contributed by atoms with Crippen LogP contribution in [0.25, 0.3) is 0 Å². The van der Waals surface area contributed by atoms with Crippen molar-refractivity contribution < 1.29 is 23.8 Å². The average molecular weight is 397 g/mol. The van der Waals surface area contributed by atoms with Crippen LogP contribution in [-0.4, -0.2) is 37.1 Å². The van der Waals surface area contributed by atoms with Crippen molar-refractivity contribution in [2.24, 2.45) is 0 Å². The summed E-state index contributed by atoms with van der Waals surface area (Å²) in [7, 11) is 3.24. The lowest BCUT2D eigenvalue weighted by Crippen LogP contribution is -2.19. The Labute approximate surface area is 170 Å². The molecule has 0 bridgehead atoms. The standard InChI is InChI=1S/C23H27NO5/c1-13-21-18(24-22(13)23(26)29-15-6-4-5-7-15)10-14(11-19(21)25)17-12-16(27-2)8-9-20(17)28-3/h8-9,12,14-15,24H,4-7,10-11H2,1-3H3/t14-/m0/s1. The third-order valence-corrected chi connectivity index (χ3v) is 6.15. The maximum absolute atomic E-state index is 13.0. The van der Waals surface area contributed by atoms with Gasteiger partial charge in [-0.2, -0.15) is 0 Å². The summed E-state index contributed by atoms with van der Waals surface area (Å²) in [6, 6.07) is 5.62. The molecule has 2 aliphatic rings. The molecule has 29 heavy (non-hydrogen) atoms. The first-order chi connectivity index (χ1) is 14.0. The number of ether oxygens (including phenoxy) is 3. The molecule has 154 valence electrons. The van der Waals surface area contributed by atoms with E-state index < -0.39 is 0 Å². The number of rotatable bonds is 5. The van der Waals surface area contributed by atoms with E-state index >= 15 is 0 Å². The monoisotopic (exact) mass is 397 g/mol. The van der Waals surface area contributed by atoms with Gasteiger partial charge in [0.25, 0.3) is 0 Å². The Kier molecular flexibility index (Phi) is 5.35. The van der Waals surface area contributed by atoms with Gasteiger partial charge in [-0.25, -0.2) is 4.79 Å². The van der Waals surface area contributed by atoms with E-state index in [9.17, 15) is 9.59 Å². The van der Waals surface area contributed by atoms with Crippen LogP contribution in [0.2, 0.25) is 0 Å². The molecule has 0 saturated heterocycles. The van der Waals surface area contributed by atoms with Crippen molar-refractivity contribution in [1.82, 2.24) is 4.98 Å². The molecule has 0 aliphatic heterocycles. The summed E-state index contributed by atoms with van der Waals surface area (Å²) in [5, 5.41) is 0. The van der Waals surface area contributed by atoms with Gasteiger partial charge in [-0.3, -0.25) is 4.79 Å². The predicted octanol–water partition coefficient (Wildman–Crippen LogP) is 4.35. The summed E-state index contributed by atoms with van der Waals surface area (Å²) in [6.07, 6.45) is 5.02. The van der Waals surface area contributed by atoms with Crippen molar-refractivity contribution in [3.63, 3.8) is 0 Å². The van der Waals surface area contributed by atoms with Crippen LogP contribution < -0.4 is 9.47 Å². The third kappa shape index (κ3) is 3.63. The van der Waals surface area contributed by atoms with Gasteiger partial charge in [0.05, 0.1) is 14.2 Å². The molecule has 4 rings (SSSR count). The summed E-state index contributed by atoms with van der Waals surface area (Å²) in [5.74, 6) is 1.09. The van der Waals surface area contributed by atoms with E-state index in [0.29, 0.717) is 29.7 Å². The quantitative estimate of drug-likeness (QED) is 0.759. The second-order valence-electron chi connectivity index (χ2n) is 7.93. The van der Waals surface area contributed by atoms with Gasteiger partial charge in [0.1, 0.15) is 23.3 Å². The summed E-state index contributed by atoms with van der Waals surface area (Å²) in [5.41, 5.74) is 3.49. The second-order valence-corrected chi connectivity index (χ2v) is 7.93. The molecule has 1 aromatic carbocycles. The number of H-pyrrole nitrogens is 1. The highest BCUT2D eigenvalue weighted by molar-refractivity contribution is 6.03. The molecular formula is C23H27NO5. The molecular weight excluding hydrogens is 370 g/mol. The largest absolute Gasteiger partial charge is 0.497 e. The number of nitrogens with one attached hydrogen (secondary N) is 1. The van der Waals surface area contributed by atoms with Crippen molar-refractivity contribution in [3.05, 3.63) is 46.3 Å². The lowest BCUT2D eigenvalue weighted by Gasteiger charge is -2.24. The zero-order chi connectivity index (χ0) is 20.5. The lowest BCUT2D eigenvalue weighted by atomic mass is 9.81. The van der Waals surface area contributed by atoms with Gasteiger partial charge >= 0.3 is 5.97 Å². The van der Waals surface area contributed by atoms with E-state index in [-0.39, 0.29) is 23.8 Å². The number of fused-ring (bicyclic) bond motifs is 1. The molecule has 2 aliphatic carbocycles. The Morgan fingerprint density at radius 2 is 1.86 bits per heavy atom. The van der Waals surface area contributed by atoms with Crippen molar-refractivity contribution in [1.29, 1.82) is 0 Å².